The van der Waals surface area contributed by atoms with E-state index in [1.54, 1.807) is 55.6 Å². The van der Waals surface area contributed by atoms with Gasteiger partial charge in [0.1, 0.15) is 17.2 Å². The van der Waals surface area contributed by atoms with Crippen LogP contribution in [0.2, 0.25) is 0 Å². The number of hydrogen-bond acceptors (Lipinski definition) is 5. The quantitative estimate of drug-likeness (QED) is 0.800. The standard InChI is InChI=1S/C17H20N2O4S.ClH/c1-22-14-2-4-15(5-3-14)23-16-6-8-17(9-7-16)24(20,21)19-13-10-11-18-12-13;/h2-9,13,18-19H,10-12H2,1H3;1H. The van der Waals surface area contributed by atoms with Gasteiger partial charge in [0.05, 0.1) is 12.0 Å². The smallest absolute Gasteiger partial charge is 0.240 e. The second-order valence-electron chi connectivity index (χ2n) is 5.56. The molecule has 1 aliphatic rings. The van der Waals surface area contributed by atoms with Crippen molar-refractivity contribution in [2.24, 2.45) is 0 Å². The van der Waals surface area contributed by atoms with Crippen molar-refractivity contribution in [2.45, 2.75) is 17.4 Å². The molecule has 1 heterocycles. The summed E-state index contributed by atoms with van der Waals surface area (Å²) in [5.41, 5.74) is 0. The number of rotatable bonds is 6. The first-order valence-corrected chi connectivity index (χ1v) is 9.20. The third-order valence-corrected chi connectivity index (χ3v) is 5.35. The van der Waals surface area contributed by atoms with Crippen molar-refractivity contribution in [3.05, 3.63) is 48.5 Å². The Hall–Kier alpha value is -1.80. The van der Waals surface area contributed by atoms with Gasteiger partial charge in [-0.3, -0.25) is 0 Å². The molecule has 1 aliphatic heterocycles. The third-order valence-electron chi connectivity index (χ3n) is 3.81. The fourth-order valence-electron chi connectivity index (χ4n) is 2.51. The zero-order valence-corrected chi connectivity index (χ0v) is 15.4. The minimum atomic E-state index is -3.50. The van der Waals surface area contributed by atoms with Crippen LogP contribution in [-0.4, -0.2) is 34.7 Å². The molecule has 3 rings (SSSR count). The Bertz CT molecular complexity index is 773. The molecule has 0 spiro atoms. The molecule has 25 heavy (non-hydrogen) atoms. The van der Waals surface area contributed by atoms with Crippen LogP contribution in [0.5, 0.6) is 17.2 Å². The number of hydrogen-bond donors (Lipinski definition) is 2. The molecule has 1 saturated heterocycles. The SMILES string of the molecule is COc1ccc(Oc2ccc(S(=O)(=O)NC3CCNC3)cc2)cc1.Cl. The Labute approximate surface area is 154 Å². The fourth-order valence-corrected chi connectivity index (χ4v) is 3.78. The Morgan fingerprint density at radius 2 is 1.56 bits per heavy atom. The van der Waals surface area contributed by atoms with Gasteiger partial charge in [0.25, 0.3) is 0 Å². The molecule has 8 heteroatoms. The van der Waals surface area contributed by atoms with E-state index >= 15 is 0 Å². The molecule has 0 amide bonds. The third kappa shape index (κ3) is 5.09. The van der Waals surface area contributed by atoms with Gasteiger partial charge >= 0.3 is 0 Å². The normalized spacial score (nSPS) is 16.9. The average Bonchev–Trinajstić information content (AvgIpc) is 3.08. The molecule has 0 aliphatic carbocycles. The highest BCUT2D eigenvalue weighted by Crippen LogP contribution is 2.25. The zero-order valence-electron chi connectivity index (χ0n) is 13.8. The van der Waals surface area contributed by atoms with Gasteiger partial charge in [0.15, 0.2) is 0 Å². The average molecular weight is 385 g/mol. The second kappa shape index (κ2) is 8.53. The molecule has 2 aromatic carbocycles. The van der Waals surface area contributed by atoms with Crippen molar-refractivity contribution < 1.29 is 17.9 Å². The number of methoxy groups -OCH3 is 1. The van der Waals surface area contributed by atoms with E-state index in [1.807, 2.05) is 0 Å². The van der Waals surface area contributed by atoms with Gasteiger partial charge in [-0.15, -0.1) is 12.4 Å². The predicted octanol–water partition coefficient (Wildman–Crippen LogP) is 2.55. The number of ether oxygens (including phenoxy) is 2. The van der Waals surface area contributed by atoms with E-state index in [1.165, 1.54) is 0 Å². The van der Waals surface area contributed by atoms with Crippen molar-refractivity contribution >= 4 is 22.4 Å². The maximum Gasteiger partial charge on any atom is 0.240 e. The van der Waals surface area contributed by atoms with E-state index in [0.717, 1.165) is 18.7 Å². The lowest BCUT2D eigenvalue weighted by atomic mass is 10.3. The van der Waals surface area contributed by atoms with Crippen LogP contribution in [0.3, 0.4) is 0 Å². The van der Waals surface area contributed by atoms with Gasteiger partial charge in [-0.1, -0.05) is 0 Å². The summed E-state index contributed by atoms with van der Waals surface area (Å²) in [4.78, 5) is 0.233. The lowest BCUT2D eigenvalue weighted by molar-refractivity contribution is 0.413. The number of sulfonamides is 1. The summed E-state index contributed by atoms with van der Waals surface area (Å²) in [6.07, 6.45) is 0.803. The van der Waals surface area contributed by atoms with Crippen LogP contribution in [0, 0.1) is 0 Å². The van der Waals surface area contributed by atoms with Gasteiger partial charge in [-0.25, -0.2) is 13.1 Å². The van der Waals surface area contributed by atoms with E-state index < -0.39 is 10.0 Å². The van der Waals surface area contributed by atoms with Crippen molar-refractivity contribution in [2.75, 3.05) is 20.2 Å². The highest BCUT2D eigenvalue weighted by atomic mass is 35.5. The second-order valence-corrected chi connectivity index (χ2v) is 7.27. The Kier molecular flexibility index (Phi) is 6.66. The van der Waals surface area contributed by atoms with E-state index in [0.29, 0.717) is 18.0 Å². The molecule has 6 nitrogen and oxygen atoms in total. The molecular formula is C17H21ClN2O4S. The monoisotopic (exact) mass is 384 g/mol. The lowest BCUT2D eigenvalue weighted by Gasteiger charge is -2.12. The molecular weight excluding hydrogens is 364 g/mol. The molecule has 2 N–H and O–H groups in total. The minimum absolute atomic E-state index is 0. The zero-order chi connectivity index (χ0) is 17.0. The summed E-state index contributed by atoms with van der Waals surface area (Å²) >= 11 is 0. The van der Waals surface area contributed by atoms with Crippen molar-refractivity contribution in [3.8, 4) is 17.2 Å². The summed E-state index contributed by atoms with van der Waals surface area (Å²) in [7, 11) is -1.90. The Balaban J connectivity index is 0.00000225. The predicted molar refractivity (Wildman–Crippen MR) is 98.4 cm³/mol. The topological polar surface area (TPSA) is 76.7 Å². The van der Waals surface area contributed by atoms with Crippen molar-refractivity contribution in [3.63, 3.8) is 0 Å². The van der Waals surface area contributed by atoms with Crippen LogP contribution >= 0.6 is 12.4 Å². The molecule has 0 aromatic heterocycles. The Morgan fingerprint density at radius 3 is 2.08 bits per heavy atom. The molecule has 0 bridgehead atoms. The van der Waals surface area contributed by atoms with Gasteiger partial charge in [-0.2, -0.15) is 0 Å². The Morgan fingerprint density at radius 1 is 1.00 bits per heavy atom. The van der Waals surface area contributed by atoms with Gasteiger partial charge in [0, 0.05) is 12.6 Å². The molecule has 1 unspecified atom stereocenters. The van der Waals surface area contributed by atoms with Crippen LogP contribution in [-0.2, 0) is 10.0 Å². The van der Waals surface area contributed by atoms with Crippen LogP contribution in [0.4, 0.5) is 0 Å². The maximum atomic E-state index is 12.3. The minimum Gasteiger partial charge on any atom is -0.497 e. The van der Waals surface area contributed by atoms with Crippen molar-refractivity contribution in [1.82, 2.24) is 10.0 Å². The molecule has 0 radical (unpaired) electrons. The van der Waals surface area contributed by atoms with Gasteiger partial charge < -0.3 is 14.8 Å². The molecule has 2 aromatic rings. The van der Waals surface area contributed by atoms with E-state index in [2.05, 4.69) is 10.0 Å². The van der Waals surface area contributed by atoms with Crippen LogP contribution in [0.1, 0.15) is 6.42 Å². The highest BCUT2D eigenvalue weighted by molar-refractivity contribution is 7.89. The number of halogens is 1. The van der Waals surface area contributed by atoms with E-state index in [9.17, 15) is 8.42 Å². The molecule has 136 valence electrons. The molecule has 1 atom stereocenters. The number of nitrogens with one attached hydrogen (secondary N) is 2. The number of benzene rings is 2. The first-order valence-electron chi connectivity index (χ1n) is 7.72. The largest absolute Gasteiger partial charge is 0.497 e. The van der Waals surface area contributed by atoms with Crippen LogP contribution in [0.25, 0.3) is 0 Å². The van der Waals surface area contributed by atoms with E-state index in [-0.39, 0.29) is 23.3 Å². The van der Waals surface area contributed by atoms with Crippen LogP contribution < -0.4 is 19.5 Å². The maximum absolute atomic E-state index is 12.3. The van der Waals surface area contributed by atoms with Crippen LogP contribution in [0.15, 0.2) is 53.4 Å². The van der Waals surface area contributed by atoms with Gasteiger partial charge in [0.2, 0.25) is 10.0 Å². The molecule has 1 fully saturated rings. The fraction of sp³-hybridized carbons (Fsp3) is 0.294. The van der Waals surface area contributed by atoms with Gasteiger partial charge in [-0.05, 0) is 61.5 Å². The highest BCUT2D eigenvalue weighted by Gasteiger charge is 2.22. The van der Waals surface area contributed by atoms with E-state index in [4.69, 9.17) is 9.47 Å². The summed E-state index contributed by atoms with van der Waals surface area (Å²) < 4.78 is 38.2. The molecule has 0 saturated carbocycles. The summed E-state index contributed by atoms with van der Waals surface area (Å²) in [5, 5.41) is 3.14. The summed E-state index contributed by atoms with van der Waals surface area (Å²) in [6, 6.07) is 13.5. The first-order chi connectivity index (χ1) is 11.6. The summed E-state index contributed by atoms with van der Waals surface area (Å²) in [5.74, 6) is 1.97. The lowest BCUT2D eigenvalue weighted by Crippen LogP contribution is -2.36. The van der Waals surface area contributed by atoms with Crippen molar-refractivity contribution in [1.29, 1.82) is 0 Å². The summed E-state index contributed by atoms with van der Waals surface area (Å²) in [6.45, 7) is 1.50. The first kappa shape index (κ1) is 19.5.